The van der Waals surface area contributed by atoms with Gasteiger partial charge in [0.05, 0.1) is 25.2 Å². The Morgan fingerprint density at radius 1 is 1.19 bits per heavy atom. The number of nitro groups is 1. The molecule has 2 aromatic carbocycles. The van der Waals surface area contributed by atoms with Crippen LogP contribution in [0, 0.1) is 21.4 Å². The van der Waals surface area contributed by atoms with Gasteiger partial charge in [-0.05, 0) is 23.8 Å². The molecule has 1 N–H and O–H groups in total. The average molecular weight is 490 g/mol. The SMILES string of the molecule is COc1cc(Br)c(/C=C(\C#N)C(=O)Nc2cc3c(cc2[N+](=O)[O-])OCCO3)cc1OC. The molecule has 0 unspecified atom stereocenters. The van der Waals surface area contributed by atoms with Crippen molar-refractivity contribution in [2.75, 3.05) is 32.8 Å². The number of halogens is 1. The lowest BCUT2D eigenvalue weighted by Crippen LogP contribution is -2.18. The molecule has 0 saturated carbocycles. The van der Waals surface area contributed by atoms with Gasteiger partial charge in [0, 0.05) is 10.5 Å². The first kappa shape index (κ1) is 21.9. The number of hydrogen-bond acceptors (Lipinski definition) is 8. The summed E-state index contributed by atoms with van der Waals surface area (Å²) in [6, 6.07) is 7.49. The predicted molar refractivity (Wildman–Crippen MR) is 114 cm³/mol. The van der Waals surface area contributed by atoms with Crippen LogP contribution in [0.3, 0.4) is 0 Å². The molecule has 1 amide bonds. The number of methoxy groups -OCH3 is 2. The Labute approximate surface area is 185 Å². The number of nitrogens with one attached hydrogen (secondary N) is 1. The van der Waals surface area contributed by atoms with Crippen molar-refractivity contribution in [2.24, 2.45) is 0 Å². The van der Waals surface area contributed by atoms with Crippen LogP contribution >= 0.6 is 15.9 Å². The summed E-state index contributed by atoms with van der Waals surface area (Å²) in [4.78, 5) is 23.5. The second-order valence-electron chi connectivity index (χ2n) is 6.12. The van der Waals surface area contributed by atoms with Crippen molar-refractivity contribution < 1.29 is 28.7 Å². The fourth-order valence-electron chi connectivity index (χ4n) is 2.80. The van der Waals surface area contributed by atoms with Crippen LogP contribution in [0.15, 0.2) is 34.3 Å². The fraction of sp³-hybridized carbons (Fsp3) is 0.200. The number of ether oxygens (including phenoxy) is 4. The van der Waals surface area contributed by atoms with Crippen molar-refractivity contribution in [3.8, 4) is 29.1 Å². The number of hydrogen-bond donors (Lipinski definition) is 1. The van der Waals surface area contributed by atoms with Crippen LogP contribution in [0.2, 0.25) is 0 Å². The number of carbonyl (C=O) groups is 1. The molecule has 1 aliphatic rings. The van der Waals surface area contributed by atoms with E-state index in [0.29, 0.717) is 21.5 Å². The first-order chi connectivity index (χ1) is 14.9. The van der Waals surface area contributed by atoms with E-state index >= 15 is 0 Å². The van der Waals surface area contributed by atoms with Gasteiger partial charge in [0.1, 0.15) is 30.5 Å². The molecule has 10 nitrogen and oxygen atoms in total. The largest absolute Gasteiger partial charge is 0.493 e. The van der Waals surface area contributed by atoms with E-state index in [-0.39, 0.29) is 41.7 Å². The van der Waals surface area contributed by atoms with Crippen molar-refractivity contribution >= 4 is 39.3 Å². The molecule has 11 heteroatoms. The fourth-order valence-corrected chi connectivity index (χ4v) is 3.24. The lowest BCUT2D eigenvalue weighted by Gasteiger charge is -2.19. The van der Waals surface area contributed by atoms with Crippen LogP contribution in [0.5, 0.6) is 23.0 Å². The third-order valence-corrected chi connectivity index (χ3v) is 4.96. The van der Waals surface area contributed by atoms with Crippen molar-refractivity contribution in [1.29, 1.82) is 5.26 Å². The zero-order valence-corrected chi connectivity index (χ0v) is 18.0. The lowest BCUT2D eigenvalue weighted by atomic mass is 10.1. The van der Waals surface area contributed by atoms with E-state index < -0.39 is 10.8 Å². The van der Waals surface area contributed by atoms with Gasteiger partial charge in [0.2, 0.25) is 0 Å². The molecule has 1 heterocycles. The zero-order chi connectivity index (χ0) is 22.5. The highest BCUT2D eigenvalue weighted by Gasteiger charge is 2.24. The monoisotopic (exact) mass is 489 g/mol. The minimum absolute atomic E-state index is 0.119. The number of nitriles is 1. The van der Waals surface area contributed by atoms with Crippen LogP contribution < -0.4 is 24.3 Å². The molecular formula is C20H16BrN3O7. The Kier molecular flexibility index (Phi) is 6.61. The van der Waals surface area contributed by atoms with Gasteiger partial charge < -0.3 is 24.3 Å². The summed E-state index contributed by atoms with van der Waals surface area (Å²) in [7, 11) is 2.94. The summed E-state index contributed by atoms with van der Waals surface area (Å²) in [6.45, 7) is 0.534. The number of carbonyl (C=O) groups excluding carboxylic acids is 1. The highest BCUT2D eigenvalue weighted by Crippen LogP contribution is 2.39. The normalized spacial score (nSPS) is 12.5. The standard InChI is InChI=1S/C20H16BrN3O7/c1-28-16-6-11(13(21)7-17(16)29-2)5-12(10-22)20(25)23-14-8-18-19(31-4-3-30-18)9-15(14)24(26)27/h5-9H,3-4H2,1-2H3,(H,23,25)/b12-5+. The van der Waals surface area contributed by atoms with Gasteiger partial charge >= 0.3 is 0 Å². The van der Waals surface area contributed by atoms with Gasteiger partial charge in [0.15, 0.2) is 23.0 Å². The van der Waals surface area contributed by atoms with E-state index in [0.717, 1.165) is 0 Å². The van der Waals surface area contributed by atoms with Crippen LogP contribution in [-0.2, 0) is 4.79 Å². The van der Waals surface area contributed by atoms with E-state index in [1.54, 1.807) is 18.2 Å². The molecule has 0 fully saturated rings. The molecule has 0 aliphatic carbocycles. The van der Waals surface area contributed by atoms with Crippen LogP contribution in [0.25, 0.3) is 6.08 Å². The third-order valence-electron chi connectivity index (χ3n) is 4.27. The molecule has 1 aliphatic heterocycles. The van der Waals surface area contributed by atoms with Gasteiger partial charge in [0.25, 0.3) is 11.6 Å². The molecule has 0 bridgehead atoms. The third kappa shape index (κ3) is 4.70. The molecule has 160 valence electrons. The molecule has 0 atom stereocenters. The smallest absolute Gasteiger partial charge is 0.296 e. The Morgan fingerprint density at radius 2 is 1.81 bits per heavy atom. The van der Waals surface area contributed by atoms with Gasteiger partial charge in [-0.3, -0.25) is 14.9 Å². The summed E-state index contributed by atoms with van der Waals surface area (Å²) >= 11 is 3.36. The van der Waals surface area contributed by atoms with Crippen molar-refractivity contribution in [1.82, 2.24) is 0 Å². The van der Waals surface area contributed by atoms with E-state index in [9.17, 15) is 20.2 Å². The Morgan fingerprint density at radius 3 is 2.39 bits per heavy atom. The molecule has 0 spiro atoms. The zero-order valence-electron chi connectivity index (χ0n) is 16.4. The number of nitrogens with zero attached hydrogens (tertiary/aromatic N) is 2. The van der Waals surface area contributed by atoms with E-state index in [1.807, 2.05) is 0 Å². The molecule has 0 aromatic heterocycles. The summed E-state index contributed by atoms with van der Waals surface area (Å²) in [5, 5.41) is 23.3. The van der Waals surface area contributed by atoms with Crippen molar-refractivity contribution in [3.63, 3.8) is 0 Å². The van der Waals surface area contributed by atoms with Crippen LogP contribution in [0.1, 0.15) is 5.56 Å². The maximum atomic E-state index is 12.7. The van der Waals surface area contributed by atoms with Crippen molar-refractivity contribution in [2.45, 2.75) is 0 Å². The number of benzene rings is 2. The lowest BCUT2D eigenvalue weighted by molar-refractivity contribution is -0.384. The number of anilines is 1. The molecule has 0 radical (unpaired) electrons. The maximum Gasteiger partial charge on any atom is 0.296 e. The molecule has 2 aromatic rings. The van der Waals surface area contributed by atoms with Gasteiger partial charge in [-0.25, -0.2) is 0 Å². The summed E-state index contributed by atoms with van der Waals surface area (Å²) in [6.07, 6.45) is 1.32. The number of nitro benzene ring substituents is 1. The van der Waals surface area contributed by atoms with E-state index in [4.69, 9.17) is 18.9 Å². The second kappa shape index (κ2) is 9.36. The number of amides is 1. The van der Waals surface area contributed by atoms with Gasteiger partial charge in [-0.2, -0.15) is 5.26 Å². The van der Waals surface area contributed by atoms with Gasteiger partial charge in [-0.1, -0.05) is 15.9 Å². The second-order valence-corrected chi connectivity index (χ2v) is 6.98. The first-order valence-electron chi connectivity index (χ1n) is 8.80. The Hall–Kier alpha value is -3.78. The summed E-state index contributed by atoms with van der Waals surface area (Å²) < 4.78 is 21.8. The molecule has 31 heavy (non-hydrogen) atoms. The van der Waals surface area contributed by atoms with E-state index in [1.165, 1.54) is 32.4 Å². The molecular weight excluding hydrogens is 474 g/mol. The van der Waals surface area contributed by atoms with Gasteiger partial charge in [-0.15, -0.1) is 0 Å². The first-order valence-corrected chi connectivity index (χ1v) is 9.60. The number of rotatable bonds is 6. The Balaban J connectivity index is 1.96. The van der Waals surface area contributed by atoms with Crippen LogP contribution in [0.4, 0.5) is 11.4 Å². The molecule has 3 rings (SSSR count). The molecule has 0 saturated heterocycles. The number of fused-ring (bicyclic) bond motifs is 1. The quantitative estimate of drug-likeness (QED) is 0.281. The minimum atomic E-state index is -0.830. The summed E-state index contributed by atoms with van der Waals surface area (Å²) in [5.41, 5.74) is -0.313. The topological polar surface area (TPSA) is 133 Å². The highest BCUT2D eigenvalue weighted by atomic mass is 79.9. The predicted octanol–water partition coefficient (Wildman–Crippen LogP) is 3.69. The average Bonchev–Trinajstić information content (AvgIpc) is 2.77. The minimum Gasteiger partial charge on any atom is -0.493 e. The van der Waals surface area contributed by atoms with Crippen molar-refractivity contribution in [3.05, 3.63) is 50.0 Å². The maximum absolute atomic E-state index is 12.7. The summed E-state index contributed by atoms with van der Waals surface area (Å²) in [5.74, 6) is 0.501. The van der Waals surface area contributed by atoms with Crippen LogP contribution in [-0.4, -0.2) is 38.3 Å². The highest BCUT2D eigenvalue weighted by molar-refractivity contribution is 9.10. The Bertz CT molecular complexity index is 1120. The van der Waals surface area contributed by atoms with E-state index in [2.05, 4.69) is 21.2 Å².